The first-order chi connectivity index (χ1) is 12.7. The molecule has 0 heterocycles. The summed E-state index contributed by atoms with van der Waals surface area (Å²) in [7, 11) is 0. The largest absolute Gasteiger partial charge is 0.330 e. The van der Waals surface area contributed by atoms with E-state index in [1.165, 1.54) is 6.42 Å². The maximum Gasteiger partial charge on any atom is 0.294 e. The third-order valence-corrected chi connectivity index (χ3v) is 7.65. The van der Waals surface area contributed by atoms with Crippen LogP contribution in [0, 0.1) is 48.3 Å². The molecule has 0 saturated heterocycles. The second-order valence-electron chi connectivity index (χ2n) is 9.50. The van der Waals surface area contributed by atoms with Crippen molar-refractivity contribution in [2.75, 3.05) is 13.2 Å². The van der Waals surface area contributed by atoms with Crippen molar-refractivity contribution in [3.8, 4) is 0 Å². The molecule has 4 saturated carbocycles. The van der Waals surface area contributed by atoms with Gasteiger partial charge in [-0.15, -0.1) is 20.2 Å². The topological polar surface area (TPSA) is 131 Å². The van der Waals surface area contributed by atoms with Crippen LogP contribution in [0.25, 0.3) is 0 Å². The summed E-state index contributed by atoms with van der Waals surface area (Å²) in [6.45, 7) is 4.36. The van der Waals surface area contributed by atoms with Gasteiger partial charge in [0.2, 0.25) is 0 Å². The minimum absolute atomic E-state index is 0.0893. The third kappa shape index (κ3) is 3.70. The molecule has 0 aliphatic heterocycles. The summed E-state index contributed by atoms with van der Waals surface area (Å²) >= 11 is 0. The van der Waals surface area contributed by atoms with E-state index in [2.05, 4.69) is 11.8 Å². The molecule has 4 aliphatic rings. The van der Waals surface area contributed by atoms with Gasteiger partial charge in [-0.1, -0.05) is 20.3 Å². The number of nitrogens with zero attached hydrogens (tertiary/aromatic N) is 2. The third-order valence-electron chi connectivity index (χ3n) is 7.65. The van der Waals surface area contributed by atoms with E-state index in [0.717, 1.165) is 44.9 Å². The van der Waals surface area contributed by atoms with E-state index in [0.29, 0.717) is 12.5 Å². The zero-order chi connectivity index (χ0) is 19.9. The number of hydrogen-bond acceptors (Lipinski definition) is 7. The first kappa shape index (κ1) is 20.1. The first-order valence-electron chi connectivity index (χ1n) is 9.96. The van der Waals surface area contributed by atoms with Gasteiger partial charge in [0, 0.05) is 0 Å². The van der Waals surface area contributed by atoms with Crippen LogP contribution in [0.5, 0.6) is 0 Å². The summed E-state index contributed by atoms with van der Waals surface area (Å²) < 4.78 is 0. The van der Waals surface area contributed by atoms with Gasteiger partial charge in [0.05, 0.1) is 0 Å². The summed E-state index contributed by atoms with van der Waals surface area (Å²) in [6.07, 6.45) is 7.72. The van der Waals surface area contributed by atoms with E-state index in [-0.39, 0.29) is 22.2 Å². The van der Waals surface area contributed by atoms with Gasteiger partial charge in [-0.05, 0) is 79.6 Å². The van der Waals surface area contributed by atoms with E-state index < -0.39 is 22.9 Å². The van der Waals surface area contributed by atoms with Crippen molar-refractivity contribution in [2.45, 2.75) is 71.3 Å². The standard InChI is InChI=1S/C18H31N3O6/c1-3-4-16-5-14-6-17(9-16,12-19)11-18(7-14,10-16)13(2)15(27-21(24)25)8-26-20(22)23/h13-15H,3-12,19H2,1-2H3. The zero-order valence-electron chi connectivity index (χ0n) is 16.2. The molecule has 4 fully saturated rings. The molecule has 27 heavy (non-hydrogen) atoms. The van der Waals surface area contributed by atoms with Crippen LogP contribution in [0.3, 0.4) is 0 Å². The van der Waals surface area contributed by atoms with Crippen LogP contribution in [0.2, 0.25) is 0 Å². The van der Waals surface area contributed by atoms with E-state index in [9.17, 15) is 20.2 Å². The van der Waals surface area contributed by atoms with Crippen molar-refractivity contribution in [3.63, 3.8) is 0 Å². The molecule has 9 heteroatoms. The van der Waals surface area contributed by atoms with Crippen molar-refractivity contribution in [1.29, 1.82) is 0 Å². The van der Waals surface area contributed by atoms with Gasteiger partial charge >= 0.3 is 0 Å². The normalized spacial score (nSPS) is 39.0. The quantitative estimate of drug-likeness (QED) is 0.451. The Labute approximate surface area is 159 Å². The monoisotopic (exact) mass is 385 g/mol. The van der Waals surface area contributed by atoms with Crippen LogP contribution in [-0.2, 0) is 9.68 Å². The molecule has 6 unspecified atom stereocenters. The smallest absolute Gasteiger partial charge is 0.294 e. The average molecular weight is 385 g/mol. The summed E-state index contributed by atoms with van der Waals surface area (Å²) in [5.41, 5.74) is 6.44. The van der Waals surface area contributed by atoms with Crippen molar-refractivity contribution in [1.82, 2.24) is 0 Å². The molecular weight excluding hydrogens is 354 g/mol. The second kappa shape index (κ2) is 7.07. The fraction of sp³-hybridized carbons (Fsp3) is 1.00. The lowest BCUT2D eigenvalue weighted by Gasteiger charge is -2.69. The van der Waals surface area contributed by atoms with Crippen molar-refractivity contribution in [2.24, 2.45) is 33.8 Å². The lowest BCUT2D eigenvalue weighted by atomic mass is 9.37. The zero-order valence-corrected chi connectivity index (χ0v) is 16.2. The fourth-order valence-corrected chi connectivity index (χ4v) is 7.38. The molecule has 4 rings (SSSR count). The Balaban J connectivity index is 1.90. The molecule has 0 aromatic carbocycles. The first-order valence-corrected chi connectivity index (χ1v) is 9.96. The average Bonchev–Trinajstić information content (AvgIpc) is 2.56. The molecule has 4 aliphatic carbocycles. The molecule has 9 nitrogen and oxygen atoms in total. The van der Waals surface area contributed by atoms with E-state index >= 15 is 0 Å². The lowest BCUT2D eigenvalue weighted by Crippen LogP contribution is -2.62. The van der Waals surface area contributed by atoms with Crippen molar-refractivity contribution < 1.29 is 19.8 Å². The second-order valence-corrected chi connectivity index (χ2v) is 9.50. The summed E-state index contributed by atoms with van der Waals surface area (Å²) in [6, 6.07) is 0. The van der Waals surface area contributed by atoms with Crippen molar-refractivity contribution >= 4 is 0 Å². The summed E-state index contributed by atoms with van der Waals surface area (Å²) in [5, 5.41) is 19.9. The molecule has 0 amide bonds. The van der Waals surface area contributed by atoms with E-state index in [4.69, 9.17) is 10.6 Å². The van der Waals surface area contributed by atoms with Gasteiger partial charge in [0.25, 0.3) is 10.2 Å². The van der Waals surface area contributed by atoms with Gasteiger partial charge in [-0.3, -0.25) is 0 Å². The van der Waals surface area contributed by atoms with Crippen LogP contribution in [0.15, 0.2) is 0 Å². The van der Waals surface area contributed by atoms with Crippen LogP contribution in [0.1, 0.15) is 65.2 Å². The molecule has 0 spiro atoms. The molecular formula is C18H31N3O6. The summed E-state index contributed by atoms with van der Waals surface area (Å²) in [4.78, 5) is 31.0. The van der Waals surface area contributed by atoms with Crippen LogP contribution in [-0.4, -0.2) is 29.4 Å². The number of rotatable bonds is 10. The van der Waals surface area contributed by atoms with Gasteiger partial charge in [-0.25, -0.2) is 0 Å². The maximum absolute atomic E-state index is 11.0. The summed E-state index contributed by atoms with van der Waals surface area (Å²) in [5.74, 6) is 0.361. The molecule has 4 bridgehead atoms. The predicted molar refractivity (Wildman–Crippen MR) is 96.4 cm³/mol. The molecule has 6 atom stereocenters. The maximum atomic E-state index is 11.0. The van der Waals surface area contributed by atoms with Gasteiger partial charge in [-0.2, -0.15) is 0 Å². The van der Waals surface area contributed by atoms with Gasteiger partial charge in [0.15, 0.2) is 0 Å². The predicted octanol–water partition coefficient (Wildman–Crippen LogP) is 3.12. The highest BCUT2D eigenvalue weighted by Crippen LogP contribution is 2.72. The Morgan fingerprint density at radius 2 is 1.78 bits per heavy atom. The Kier molecular flexibility index (Phi) is 5.26. The molecule has 2 N–H and O–H groups in total. The highest BCUT2D eigenvalue weighted by atomic mass is 17.0. The highest BCUT2D eigenvalue weighted by Gasteiger charge is 2.64. The van der Waals surface area contributed by atoms with E-state index in [1.54, 1.807) is 0 Å². The Morgan fingerprint density at radius 1 is 1.11 bits per heavy atom. The van der Waals surface area contributed by atoms with Crippen LogP contribution >= 0.6 is 0 Å². The minimum atomic E-state index is -0.949. The van der Waals surface area contributed by atoms with Crippen LogP contribution < -0.4 is 5.73 Å². The SMILES string of the molecule is CCCC12CC3CC(CN)(C1)CC(C(C)C(CO[N+](=O)[O-])O[N+](=O)[O-])(C3)C2. The number of nitrogens with two attached hydrogens (primary N) is 1. The van der Waals surface area contributed by atoms with Crippen molar-refractivity contribution in [3.05, 3.63) is 20.2 Å². The number of hydrogen-bond donors (Lipinski definition) is 1. The fourth-order valence-electron chi connectivity index (χ4n) is 7.38. The van der Waals surface area contributed by atoms with Gasteiger partial charge in [0.1, 0.15) is 12.7 Å². The Hall–Kier alpha value is -1.64. The lowest BCUT2D eigenvalue weighted by molar-refractivity contribution is -0.792. The Bertz CT molecular complexity index is 604. The van der Waals surface area contributed by atoms with Gasteiger partial charge < -0.3 is 15.4 Å². The van der Waals surface area contributed by atoms with Crippen LogP contribution in [0.4, 0.5) is 0 Å². The van der Waals surface area contributed by atoms with E-state index in [1.807, 2.05) is 6.92 Å². The molecule has 154 valence electrons. The molecule has 0 aromatic heterocycles. The minimum Gasteiger partial charge on any atom is -0.330 e. The molecule has 0 radical (unpaired) electrons. The Morgan fingerprint density at radius 3 is 2.37 bits per heavy atom. The molecule has 0 aromatic rings. The highest BCUT2D eigenvalue weighted by molar-refractivity contribution is 5.14.